The first-order valence-corrected chi connectivity index (χ1v) is 11.7. The Bertz CT molecular complexity index is 948. The topological polar surface area (TPSA) is 55.9 Å². The highest BCUT2D eigenvalue weighted by atomic mass is 16.2. The molecule has 1 aliphatic heterocycles. The molecule has 1 saturated carbocycles. The molecule has 4 rings (SSSR count). The van der Waals surface area contributed by atoms with E-state index in [4.69, 9.17) is 0 Å². The van der Waals surface area contributed by atoms with Crippen LogP contribution in [0.1, 0.15) is 35.2 Å². The summed E-state index contributed by atoms with van der Waals surface area (Å²) in [6, 6.07) is 16.1. The molecule has 2 fully saturated rings. The summed E-state index contributed by atoms with van der Waals surface area (Å²) in [5, 5.41) is 3.04. The van der Waals surface area contributed by atoms with Crippen LogP contribution in [0, 0.1) is 12.8 Å². The summed E-state index contributed by atoms with van der Waals surface area (Å²) >= 11 is 0. The van der Waals surface area contributed by atoms with Gasteiger partial charge in [-0.15, -0.1) is 0 Å². The van der Waals surface area contributed by atoms with Gasteiger partial charge in [-0.3, -0.25) is 14.5 Å². The second kappa shape index (κ2) is 10.2. The summed E-state index contributed by atoms with van der Waals surface area (Å²) in [6.45, 7) is 7.89. The first kappa shape index (κ1) is 22.3. The summed E-state index contributed by atoms with van der Waals surface area (Å²) in [7, 11) is 1.77. The smallest absolute Gasteiger partial charge is 0.253 e. The maximum absolute atomic E-state index is 12.8. The first-order valence-electron chi connectivity index (χ1n) is 11.7. The van der Waals surface area contributed by atoms with E-state index in [0.717, 1.165) is 52.0 Å². The van der Waals surface area contributed by atoms with E-state index >= 15 is 0 Å². The third-order valence-electron chi connectivity index (χ3n) is 6.44. The molecule has 0 aromatic heterocycles. The van der Waals surface area contributed by atoms with Gasteiger partial charge in [-0.1, -0.05) is 24.3 Å². The van der Waals surface area contributed by atoms with Crippen LogP contribution in [0.3, 0.4) is 0 Å². The molecule has 1 saturated heterocycles. The maximum Gasteiger partial charge on any atom is 0.253 e. The Labute approximate surface area is 191 Å². The van der Waals surface area contributed by atoms with Crippen molar-refractivity contribution in [3.63, 3.8) is 0 Å². The second-order valence-corrected chi connectivity index (χ2v) is 8.97. The maximum atomic E-state index is 12.8. The molecule has 0 unspecified atom stereocenters. The molecule has 1 aliphatic carbocycles. The lowest BCUT2D eigenvalue weighted by Crippen LogP contribution is -2.47. The number of hydrogen-bond donors (Lipinski definition) is 1. The van der Waals surface area contributed by atoms with E-state index in [9.17, 15) is 9.59 Å². The third kappa shape index (κ3) is 5.49. The number of aryl methyl sites for hydroxylation is 1. The molecule has 170 valence electrons. The van der Waals surface area contributed by atoms with Crippen molar-refractivity contribution < 1.29 is 9.59 Å². The number of para-hydroxylation sites is 1. The molecular formula is C26H34N4O2. The zero-order chi connectivity index (χ0) is 22.5. The van der Waals surface area contributed by atoms with Gasteiger partial charge < -0.3 is 15.1 Å². The van der Waals surface area contributed by atoms with Gasteiger partial charge in [-0.2, -0.15) is 0 Å². The molecule has 0 radical (unpaired) electrons. The average Bonchev–Trinajstić information content (AvgIpc) is 3.67. The molecule has 2 aromatic rings. The molecule has 32 heavy (non-hydrogen) atoms. The predicted molar refractivity (Wildman–Crippen MR) is 129 cm³/mol. The lowest BCUT2D eigenvalue weighted by molar-refractivity contribution is -0.119. The number of nitrogens with zero attached hydrogens (tertiary/aromatic N) is 3. The highest BCUT2D eigenvalue weighted by Crippen LogP contribution is 2.33. The number of nitrogens with one attached hydrogen (secondary N) is 1. The van der Waals surface area contributed by atoms with Gasteiger partial charge in [-0.05, 0) is 62.6 Å². The molecule has 2 aliphatic rings. The van der Waals surface area contributed by atoms with Crippen LogP contribution in [-0.4, -0.2) is 63.0 Å². The van der Waals surface area contributed by atoms with Crippen molar-refractivity contribution in [3.05, 3.63) is 59.7 Å². The third-order valence-corrected chi connectivity index (χ3v) is 6.44. The quantitative estimate of drug-likeness (QED) is 0.648. The fourth-order valence-electron chi connectivity index (χ4n) is 4.34. The Morgan fingerprint density at radius 1 is 1.03 bits per heavy atom. The zero-order valence-corrected chi connectivity index (χ0v) is 19.2. The number of hydrogen-bond acceptors (Lipinski definition) is 4. The normalized spacial score (nSPS) is 16.6. The van der Waals surface area contributed by atoms with Crippen LogP contribution in [0.5, 0.6) is 0 Å². The number of benzene rings is 2. The number of anilines is 2. The van der Waals surface area contributed by atoms with Crippen molar-refractivity contribution in [2.24, 2.45) is 5.92 Å². The van der Waals surface area contributed by atoms with Crippen molar-refractivity contribution in [1.29, 1.82) is 0 Å². The lowest BCUT2D eigenvalue weighted by atomic mass is 10.1. The van der Waals surface area contributed by atoms with Gasteiger partial charge in [0.25, 0.3) is 5.91 Å². The van der Waals surface area contributed by atoms with Crippen LogP contribution in [0.15, 0.2) is 48.5 Å². The van der Waals surface area contributed by atoms with Crippen molar-refractivity contribution >= 4 is 23.2 Å². The van der Waals surface area contributed by atoms with Crippen LogP contribution in [0.4, 0.5) is 11.4 Å². The molecule has 2 amide bonds. The summed E-state index contributed by atoms with van der Waals surface area (Å²) in [4.78, 5) is 31.8. The predicted octanol–water partition coefficient (Wildman–Crippen LogP) is 3.31. The largest absolute Gasteiger partial charge is 0.369 e. The van der Waals surface area contributed by atoms with E-state index in [0.29, 0.717) is 17.8 Å². The average molecular weight is 435 g/mol. The summed E-state index contributed by atoms with van der Waals surface area (Å²) in [5.74, 6) is 0.123. The minimum absolute atomic E-state index is 0.107. The molecule has 6 nitrogen and oxygen atoms in total. The monoisotopic (exact) mass is 434 g/mol. The standard InChI is InChI=1S/C26H34N4O2/c1-20-7-5-8-22(19-20)30-17-15-29(16-18-30)14-6-13-27-25(31)23-9-3-4-10-24(23)28(2)26(32)21-11-12-21/h3-5,7-10,19,21H,6,11-18H2,1-2H3,(H,27,31). The molecule has 0 spiro atoms. The fourth-order valence-corrected chi connectivity index (χ4v) is 4.34. The van der Waals surface area contributed by atoms with Gasteiger partial charge in [0.2, 0.25) is 5.91 Å². The Morgan fingerprint density at radius 3 is 2.50 bits per heavy atom. The van der Waals surface area contributed by atoms with Crippen LogP contribution < -0.4 is 15.1 Å². The highest BCUT2D eigenvalue weighted by Gasteiger charge is 2.33. The molecule has 2 aromatic carbocycles. The first-order chi connectivity index (χ1) is 15.5. The molecular weight excluding hydrogens is 400 g/mol. The van der Waals surface area contributed by atoms with Gasteiger partial charge in [0.15, 0.2) is 0 Å². The summed E-state index contributed by atoms with van der Waals surface area (Å²) in [6.07, 6.45) is 2.82. The number of carbonyl (C=O) groups is 2. The Balaban J connectivity index is 1.21. The van der Waals surface area contributed by atoms with Crippen molar-refractivity contribution in [3.8, 4) is 0 Å². The molecule has 0 atom stereocenters. The molecule has 1 N–H and O–H groups in total. The Hall–Kier alpha value is -2.86. The number of rotatable bonds is 8. The molecule has 1 heterocycles. The Kier molecular flexibility index (Phi) is 7.10. The van der Waals surface area contributed by atoms with Gasteiger partial charge in [0.05, 0.1) is 11.3 Å². The number of piperazine rings is 1. The minimum Gasteiger partial charge on any atom is -0.369 e. The van der Waals surface area contributed by atoms with E-state index in [2.05, 4.69) is 46.3 Å². The van der Waals surface area contributed by atoms with E-state index in [1.807, 2.05) is 18.2 Å². The second-order valence-electron chi connectivity index (χ2n) is 8.97. The molecule has 6 heteroatoms. The van der Waals surface area contributed by atoms with E-state index in [1.165, 1.54) is 11.3 Å². The summed E-state index contributed by atoms with van der Waals surface area (Å²) in [5.41, 5.74) is 3.86. The SMILES string of the molecule is Cc1cccc(N2CCN(CCCNC(=O)c3ccccc3N(C)C(=O)C3CC3)CC2)c1. The number of carbonyl (C=O) groups excluding carboxylic acids is 2. The lowest BCUT2D eigenvalue weighted by Gasteiger charge is -2.36. The van der Waals surface area contributed by atoms with Crippen molar-refractivity contribution in [2.75, 3.05) is 56.1 Å². The van der Waals surface area contributed by atoms with E-state index in [1.54, 1.807) is 18.0 Å². The van der Waals surface area contributed by atoms with Gasteiger partial charge >= 0.3 is 0 Å². The Morgan fingerprint density at radius 2 is 1.78 bits per heavy atom. The van der Waals surface area contributed by atoms with Gasteiger partial charge in [-0.25, -0.2) is 0 Å². The highest BCUT2D eigenvalue weighted by molar-refractivity contribution is 6.05. The molecule has 0 bridgehead atoms. The van der Waals surface area contributed by atoms with Crippen molar-refractivity contribution in [1.82, 2.24) is 10.2 Å². The van der Waals surface area contributed by atoms with Crippen molar-refractivity contribution in [2.45, 2.75) is 26.2 Å². The van der Waals surface area contributed by atoms with Gasteiger partial charge in [0.1, 0.15) is 0 Å². The van der Waals surface area contributed by atoms with Crippen LogP contribution in [0.25, 0.3) is 0 Å². The van der Waals surface area contributed by atoms with Crippen LogP contribution in [0.2, 0.25) is 0 Å². The summed E-state index contributed by atoms with van der Waals surface area (Å²) < 4.78 is 0. The van der Waals surface area contributed by atoms with Crippen LogP contribution >= 0.6 is 0 Å². The van der Waals surface area contributed by atoms with Crippen LogP contribution in [-0.2, 0) is 4.79 Å². The zero-order valence-electron chi connectivity index (χ0n) is 19.2. The van der Waals surface area contributed by atoms with Gasteiger partial charge in [0, 0.05) is 51.4 Å². The number of amides is 2. The van der Waals surface area contributed by atoms with E-state index in [-0.39, 0.29) is 17.7 Å². The fraction of sp³-hybridized carbons (Fsp3) is 0.462. The van der Waals surface area contributed by atoms with E-state index < -0.39 is 0 Å². The minimum atomic E-state index is -0.111.